The zero-order valence-electron chi connectivity index (χ0n) is 17.9. The summed E-state index contributed by atoms with van der Waals surface area (Å²) in [5, 5.41) is 13.7. The van der Waals surface area contributed by atoms with Crippen molar-refractivity contribution in [2.24, 2.45) is 0 Å². The summed E-state index contributed by atoms with van der Waals surface area (Å²) in [6, 6.07) is 12.8. The van der Waals surface area contributed by atoms with Crippen LogP contribution in [-0.2, 0) is 22.7 Å². The van der Waals surface area contributed by atoms with Crippen molar-refractivity contribution in [2.75, 3.05) is 5.32 Å². The zero-order valence-corrected chi connectivity index (χ0v) is 18.7. The van der Waals surface area contributed by atoms with Crippen LogP contribution in [0, 0.1) is 6.92 Å². The molecule has 3 aromatic rings. The van der Waals surface area contributed by atoms with E-state index in [4.69, 9.17) is 11.6 Å². The Morgan fingerprint density at radius 2 is 2.00 bits per heavy atom. The highest BCUT2D eigenvalue weighted by Crippen LogP contribution is 2.29. The second kappa shape index (κ2) is 8.37. The van der Waals surface area contributed by atoms with Gasteiger partial charge in [0.1, 0.15) is 11.9 Å². The third kappa shape index (κ3) is 4.09. The molecule has 0 saturated carbocycles. The fourth-order valence-corrected chi connectivity index (χ4v) is 4.43. The molecular formula is C24H22ClN5O3. The van der Waals surface area contributed by atoms with Crippen molar-refractivity contribution in [3.05, 3.63) is 69.7 Å². The molecular weight excluding hydrogens is 442 g/mol. The third-order valence-electron chi connectivity index (χ3n) is 6.12. The molecule has 2 aromatic carbocycles. The van der Waals surface area contributed by atoms with Crippen LogP contribution in [0.5, 0.6) is 0 Å². The normalized spacial score (nSPS) is 17.8. The first kappa shape index (κ1) is 21.2. The molecule has 1 fully saturated rings. The van der Waals surface area contributed by atoms with Gasteiger partial charge in [0, 0.05) is 41.7 Å². The Labute approximate surface area is 195 Å². The minimum absolute atomic E-state index is 0.173. The number of halogens is 1. The summed E-state index contributed by atoms with van der Waals surface area (Å²) in [4.78, 5) is 38.0. The molecule has 8 nitrogen and oxygen atoms in total. The van der Waals surface area contributed by atoms with Crippen molar-refractivity contribution >= 4 is 35.1 Å². The highest BCUT2D eigenvalue weighted by Gasteiger charge is 2.39. The number of carbonyl (C=O) groups is 3. The maximum atomic E-state index is 12.8. The number of piperidine rings is 1. The fraction of sp³-hybridized carbons (Fsp3) is 0.250. The number of aryl methyl sites for hydroxylation is 1. The van der Waals surface area contributed by atoms with E-state index in [2.05, 4.69) is 20.8 Å². The van der Waals surface area contributed by atoms with Gasteiger partial charge in [-0.2, -0.15) is 5.10 Å². The van der Waals surface area contributed by atoms with E-state index in [1.165, 1.54) is 0 Å². The maximum Gasteiger partial charge on any atom is 0.255 e. The molecule has 2 aliphatic heterocycles. The molecule has 0 radical (unpaired) electrons. The summed E-state index contributed by atoms with van der Waals surface area (Å²) in [5.74, 6) is -0.171. The van der Waals surface area contributed by atoms with Gasteiger partial charge in [0.05, 0.1) is 5.69 Å². The molecule has 0 bridgehead atoms. The Bertz CT molecular complexity index is 1280. The first-order chi connectivity index (χ1) is 15.9. The predicted octanol–water partition coefficient (Wildman–Crippen LogP) is 3.41. The van der Waals surface area contributed by atoms with Crippen LogP contribution >= 0.6 is 11.6 Å². The van der Waals surface area contributed by atoms with Gasteiger partial charge in [-0.05, 0) is 42.2 Å². The quantitative estimate of drug-likeness (QED) is 0.502. The van der Waals surface area contributed by atoms with E-state index in [1.807, 2.05) is 43.3 Å². The Balaban J connectivity index is 1.26. The minimum atomic E-state index is -0.609. The lowest BCUT2D eigenvalue weighted by molar-refractivity contribution is -0.136. The van der Waals surface area contributed by atoms with Crippen molar-refractivity contribution in [2.45, 2.75) is 38.9 Å². The molecule has 5 rings (SSSR count). The van der Waals surface area contributed by atoms with Gasteiger partial charge in [-0.25, -0.2) is 0 Å². The van der Waals surface area contributed by atoms with E-state index in [1.54, 1.807) is 11.0 Å². The van der Waals surface area contributed by atoms with Gasteiger partial charge in [-0.1, -0.05) is 35.9 Å². The van der Waals surface area contributed by atoms with Crippen molar-refractivity contribution in [3.8, 4) is 11.3 Å². The SMILES string of the molecule is Cc1ccc(-c2cc(NCc3ccc4c(c3)CN(C3CCC(=O)NC3=O)C4=O)n[nH]2)cc1Cl. The number of carbonyl (C=O) groups excluding carboxylic acids is 3. The van der Waals surface area contributed by atoms with Gasteiger partial charge in [0.2, 0.25) is 11.8 Å². The van der Waals surface area contributed by atoms with E-state index in [9.17, 15) is 14.4 Å². The molecule has 1 aromatic heterocycles. The van der Waals surface area contributed by atoms with E-state index in [0.29, 0.717) is 35.9 Å². The molecule has 2 aliphatic rings. The number of rotatable bonds is 5. The first-order valence-corrected chi connectivity index (χ1v) is 11.1. The fourth-order valence-electron chi connectivity index (χ4n) is 4.25. The van der Waals surface area contributed by atoms with Crippen LogP contribution in [-0.4, -0.2) is 38.9 Å². The summed E-state index contributed by atoms with van der Waals surface area (Å²) in [6.45, 7) is 2.84. The number of fused-ring (bicyclic) bond motifs is 1. The molecule has 3 amide bonds. The summed E-state index contributed by atoms with van der Waals surface area (Å²) < 4.78 is 0. The monoisotopic (exact) mass is 463 g/mol. The van der Waals surface area contributed by atoms with Gasteiger partial charge in [-0.15, -0.1) is 0 Å². The number of benzene rings is 2. The number of aromatic nitrogens is 2. The lowest BCUT2D eigenvalue weighted by Crippen LogP contribution is -2.52. The second-order valence-corrected chi connectivity index (χ2v) is 8.78. The Kier molecular flexibility index (Phi) is 5.38. The van der Waals surface area contributed by atoms with Crippen LogP contribution < -0.4 is 10.6 Å². The van der Waals surface area contributed by atoms with Crippen molar-refractivity contribution in [1.82, 2.24) is 20.4 Å². The predicted molar refractivity (Wildman–Crippen MR) is 124 cm³/mol. The Hall–Kier alpha value is -3.65. The van der Waals surface area contributed by atoms with Gasteiger partial charge < -0.3 is 10.2 Å². The van der Waals surface area contributed by atoms with Crippen LogP contribution in [0.4, 0.5) is 5.82 Å². The van der Waals surface area contributed by atoms with E-state index in [0.717, 1.165) is 27.9 Å². The lowest BCUT2D eigenvalue weighted by atomic mass is 10.0. The van der Waals surface area contributed by atoms with Crippen molar-refractivity contribution in [3.63, 3.8) is 0 Å². The van der Waals surface area contributed by atoms with Crippen LogP contribution in [0.2, 0.25) is 5.02 Å². The molecule has 1 saturated heterocycles. The molecule has 9 heteroatoms. The number of aromatic amines is 1. The highest BCUT2D eigenvalue weighted by atomic mass is 35.5. The number of imide groups is 1. The number of nitrogens with zero attached hydrogens (tertiary/aromatic N) is 2. The van der Waals surface area contributed by atoms with Crippen LogP contribution in [0.15, 0.2) is 42.5 Å². The highest BCUT2D eigenvalue weighted by molar-refractivity contribution is 6.31. The standard InChI is InChI=1S/C24H22ClN5O3/c1-13-2-4-15(9-18(13)25)19-10-21(29-28-19)26-11-14-3-5-17-16(8-14)12-30(24(17)33)20-6-7-22(31)27-23(20)32/h2-5,8-10,20H,6-7,11-12H2,1H3,(H2,26,28,29)(H,27,31,32). The van der Waals surface area contributed by atoms with Gasteiger partial charge in [0.15, 0.2) is 0 Å². The van der Waals surface area contributed by atoms with E-state index < -0.39 is 11.9 Å². The zero-order chi connectivity index (χ0) is 23.1. The molecule has 33 heavy (non-hydrogen) atoms. The number of nitrogens with one attached hydrogen (secondary N) is 3. The minimum Gasteiger partial charge on any atom is -0.365 e. The van der Waals surface area contributed by atoms with Gasteiger partial charge in [-0.3, -0.25) is 24.8 Å². The molecule has 1 atom stereocenters. The van der Waals surface area contributed by atoms with Gasteiger partial charge in [0.25, 0.3) is 5.91 Å². The largest absolute Gasteiger partial charge is 0.365 e. The van der Waals surface area contributed by atoms with Crippen molar-refractivity contribution < 1.29 is 14.4 Å². The molecule has 168 valence electrons. The topological polar surface area (TPSA) is 107 Å². The van der Waals surface area contributed by atoms with Gasteiger partial charge >= 0.3 is 0 Å². The summed E-state index contributed by atoms with van der Waals surface area (Å²) in [7, 11) is 0. The molecule has 3 N–H and O–H groups in total. The Morgan fingerprint density at radius 1 is 1.15 bits per heavy atom. The smallest absolute Gasteiger partial charge is 0.255 e. The van der Waals surface area contributed by atoms with Crippen LogP contribution in [0.25, 0.3) is 11.3 Å². The second-order valence-electron chi connectivity index (χ2n) is 8.38. The summed E-state index contributed by atoms with van der Waals surface area (Å²) in [6.07, 6.45) is 0.596. The molecule has 1 unspecified atom stereocenters. The summed E-state index contributed by atoms with van der Waals surface area (Å²) >= 11 is 6.23. The molecule has 0 aliphatic carbocycles. The summed E-state index contributed by atoms with van der Waals surface area (Å²) in [5.41, 5.74) is 5.30. The molecule has 0 spiro atoms. The maximum absolute atomic E-state index is 12.8. The average molecular weight is 464 g/mol. The number of anilines is 1. The molecule has 3 heterocycles. The third-order valence-corrected chi connectivity index (χ3v) is 6.53. The number of hydrogen-bond acceptors (Lipinski definition) is 5. The lowest BCUT2D eigenvalue weighted by Gasteiger charge is -2.29. The number of amides is 3. The van der Waals surface area contributed by atoms with Crippen LogP contribution in [0.1, 0.15) is 39.9 Å². The van der Waals surface area contributed by atoms with Crippen molar-refractivity contribution in [1.29, 1.82) is 0 Å². The number of hydrogen-bond donors (Lipinski definition) is 3. The van der Waals surface area contributed by atoms with E-state index >= 15 is 0 Å². The van der Waals surface area contributed by atoms with E-state index in [-0.39, 0.29) is 18.2 Å². The average Bonchev–Trinajstić information content (AvgIpc) is 3.39. The number of H-pyrrole nitrogens is 1. The first-order valence-electron chi connectivity index (χ1n) is 10.7. The van der Waals surface area contributed by atoms with Crippen LogP contribution in [0.3, 0.4) is 0 Å². The Morgan fingerprint density at radius 3 is 2.79 bits per heavy atom.